The summed E-state index contributed by atoms with van der Waals surface area (Å²) in [7, 11) is 3.27. The number of ether oxygens (including phenoxy) is 2. The van der Waals surface area contributed by atoms with Crippen LogP contribution in [0.3, 0.4) is 0 Å². The van der Waals surface area contributed by atoms with E-state index in [2.05, 4.69) is 15.1 Å². The first-order chi connectivity index (χ1) is 13.7. The van der Waals surface area contributed by atoms with E-state index < -0.39 is 0 Å². The topological polar surface area (TPSA) is 47.5 Å². The second-order valence-electron chi connectivity index (χ2n) is 7.22. The monoisotopic (exact) mass is 381 g/mol. The van der Waals surface area contributed by atoms with Crippen molar-refractivity contribution in [1.82, 2.24) is 10.2 Å². The van der Waals surface area contributed by atoms with Crippen LogP contribution < -0.4 is 14.4 Å². The van der Waals surface area contributed by atoms with Gasteiger partial charge in [-0.3, -0.25) is 0 Å². The maximum Gasteiger partial charge on any atom is 0.161 e. The third kappa shape index (κ3) is 3.72. The zero-order valence-electron chi connectivity index (χ0n) is 16.2. The van der Waals surface area contributed by atoms with Crippen LogP contribution in [0.2, 0.25) is 0 Å². The normalized spacial score (nSPS) is 15.0. The number of benzene rings is 2. The van der Waals surface area contributed by atoms with Crippen molar-refractivity contribution < 1.29 is 13.9 Å². The molecule has 1 aliphatic rings. The summed E-state index contributed by atoms with van der Waals surface area (Å²) in [6, 6.07) is 10.8. The molecule has 146 valence electrons. The van der Waals surface area contributed by atoms with Crippen LogP contribution in [0.4, 0.5) is 10.2 Å². The van der Waals surface area contributed by atoms with Gasteiger partial charge in [-0.1, -0.05) is 12.1 Å². The fraction of sp³-hybridized carbons (Fsp3) is 0.364. The minimum Gasteiger partial charge on any atom is -0.493 e. The molecular formula is C22H24FN3O2. The lowest BCUT2D eigenvalue weighted by molar-refractivity contribution is 0.356. The maximum atomic E-state index is 13.1. The van der Waals surface area contributed by atoms with Crippen LogP contribution in [0.5, 0.6) is 11.5 Å². The van der Waals surface area contributed by atoms with E-state index in [-0.39, 0.29) is 5.82 Å². The minimum atomic E-state index is -0.180. The molecule has 0 spiro atoms. The van der Waals surface area contributed by atoms with Gasteiger partial charge in [0.1, 0.15) is 5.82 Å². The molecule has 28 heavy (non-hydrogen) atoms. The molecule has 0 aliphatic carbocycles. The molecule has 3 aromatic rings. The first-order valence-corrected chi connectivity index (χ1v) is 9.54. The Bertz CT molecular complexity index is 954. The average molecular weight is 381 g/mol. The van der Waals surface area contributed by atoms with Crippen LogP contribution in [0, 0.1) is 11.7 Å². The van der Waals surface area contributed by atoms with E-state index in [0.29, 0.717) is 17.4 Å². The lowest BCUT2D eigenvalue weighted by atomic mass is 9.90. The zero-order valence-corrected chi connectivity index (χ0v) is 16.2. The molecule has 0 radical (unpaired) electrons. The molecule has 1 aliphatic heterocycles. The van der Waals surface area contributed by atoms with Gasteiger partial charge in [0.15, 0.2) is 17.3 Å². The van der Waals surface area contributed by atoms with E-state index in [1.165, 1.54) is 17.7 Å². The fourth-order valence-electron chi connectivity index (χ4n) is 3.93. The van der Waals surface area contributed by atoms with Crippen LogP contribution in [0.15, 0.2) is 42.6 Å². The smallest absolute Gasteiger partial charge is 0.161 e. The summed E-state index contributed by atoms with van der Waals surface area (Å²) < 4.78 is 24.0. The number of rotatable bonds is 5. The number of halogens is 1. The van der Waals surface area contributed by atoms with E-state index in [4.69, 9.17) is 9.47 Å². The Hall–Kier alpha value is -2.89. The van der Waals surface area contributed by atoms with Crippen LogP contribution in [-0.2, 0) is 6.42 Å². The number of aromatic nitrogens is 2. The molecule has 1 fully saturated rings. The molecule has 0 N–H and O–H groups in total. The molecule has 0 atom stereocenters. The summed E-state index contributed by atoms with van der Waals surface area (Å²) in [6.07, 6.45) is 4.88. The highest BCUT2D eigenvalue weighted by Gasteiger charge is 2.23. The van der Waals surface area contributed by atoms with Crippen LogP contribution in [0.25, 0.3) is 10.8 Å². The van der Waals surface area contributed by atoms with Crippen molar-refractivity contribution in [2.24, 2.45) is 5.92 Å². The molecule has 1 saturated heterocycles. The summed E-state index contributed by atoms with van der Waals surface area (Å²) in [4.78, 5) is 2.29. The number of hydrogen-bond donors (Lipinski definition) is 0. The molecule has 4 rings (SSSR count). The van der Waals surface area contributed by atoms with Gasteiger partial charge >= 0.3 is 0 Å². The van der Waals surface area contributed by atoms with E-state index in [0.717, 1.165) is 48.9 Å². The lowest BCUT2D eigenvalue weighted by Gasteiger charge is -2.33. The molecule has 0 amide bonds. The third-order valence-electron chi connectivity index (χ3n) is 5.50. The fourth-order valence-corrected chi connectivity index (χ4v) is 3.93. The van der Waals surface area contributed by atoms with Gasteiger partial charge in [-0.2, -0.15) is 5.10 Å². The van der Waals surface area contributed by atoms with Crippen molar-refractivity contribution in [1.29, 1.82) is 0 Å². The van der Waals surface area contributed by atoms with Gasteiger partial charge in [-0.05, 0) is 55.0 Å². The largest absolute Gasteiger partial charge is 0.493 e. The van der Waals surface area contributed by atoms with Crippen LogP contribution in [0.1, 0.15) is 18.4 Å². The van der Waals surface area contributed by atoms with Crippen molar-refractivity contribution in [2.75, 3.05) is 32.2 Å². The number of hydrogen-bond acceptors (Lipinski definition) is 5. The molecule has 0 saturated carbocycles. The number of piperidine rings is 1. The van der Waals surface area contributed by atoms with Crippen molar-refractivity contribution >= 4 is 16.6 Å². The molecular weight excluding hydrogens is 357 g/mol. The van der Waals surface area contributed by atoms with Crippen molar-refractivity contribution in [2.45, 2.75) is 19.3 Å². The molecule has 0 unspecified atom stereocenters. The predicted molar refractivity (Wildman–Crippen MR) is 108 cm³/mol. The van der Waals surface area contributed by atoms with Gasteiger partial charge in [0.05, 0.1) is 20.4 Å². The van der Waals surface area contributed by atoms with Gasteiger partial charge in [-0.15, -0.1) is 5.10 Å². The van der Waals surface area contributed by atoms with Crippen LogP contribution >= 0.6 is 0 Å². The second-order valence-corrected chi connectivity index (χ2v) is 7.22. The Morgan fingerprint density at radius 3 is 2.39 bits per heavy atom. The summed E-state index contributed by atoms with van der Waals surface area (Å²) in [5, 5.41) is 10.6. The van der Waals surface area contributed by atoms with E-state index in [1.807, 2.05) is 24.3 Å². The van der Waals surface area contributed by atoms with Crippen molar-refractivity contribution in [3.8, 4) is 11.5 Å². The highest BCUT2D eigenvalue weighted by molar-refractivity contribution is 5.94. The average Bonchev–Trinajstić information content (AvgIpc) is 2.74. The SMILES string of the molecule is COc1cc2cnnc(N3CCC(Cc4ccc(F)cc4)CC3)c2cc1OC. The number of fused-ring (bicyclic) bond motifs is 1. The minimum absolute atomic E-state index is 0.180. The Labute approximate surface area is 164 Å². The Balaban J connectivity index is 1.51. The summed E-state index contributed by atoms with van der Waals surface area (Å²) in [5.41, 5.74) is 1.20. The number of nitrogens with zero attached hydrogens (tertiary/aromatic N) is 3. The van der Waals surface area contributed by atoms with Gasteiger partial charge < -0.3 is 14.4 Å². The lowest BCUT2D eigenvalue weighted by Crippen LogP contribution is -2.35. The summed E-state index contributed by atoms with van der Waals surface area (Å²) in [6.45, 7) is 1.85. The Morgan fingerprint density at radius 1 is 1.04 bits per heavy atom. The highest BCUT2D eigenvalue weighted by Crippen LogP contribution is 2.36. The predicted octanol–water partition coefficient (Wildman–Crippen LogP) is 4.25. The second kappa shape index (κ2) is 8.00. The van der Waals surface area contributed by atoms with Gasteiger partial charge in [-0.25, -0.2) is 4.39 Å². The van der Waals surface area contributed by atoms with E-state index in [1.54, 1.807) is 20.4 Å². The van der Waals surface area contributed by atoms with Crippen molar-refractivity contribution in [3.05, 3.63) is 54.0 Å². The quantitative estimate of drug-likeness (QED) is 0.661. The van der Waals surface area contributed by atoms with Gasteiger partial charge in [0.25, 0.3) is 0 Å². The standard InChI is InChI=1S/C22H24FN3O2/c1-27-20-12-17-14-24-25-22(19(17)13-21(20)28-2)26-9-7-16(8-10-26)11-15-3-5-18(23)6-4-15/h3-6,12-14,16H,7-11H2,1-2H3. The molecule has 2 aromatic carbocycles. The molecule has 5 nitrogen and oxygen atoms in total. The molecule has 6 heteroatoms. The molecule has 2 heterocycles. The molecule has 1 aromatic heterocycles. The van der Waals surface area contributed by atoms with Crippen LogP contribution in [-0.4, -0.2) is 37.5 Å². The summed E-state index contributed by atoms with van der Waals surface area (Å²) >= 11 is 0. The summed E-state index contributed by atoms with van der Waals surface area (Å²) in [5.74, 6) is 2.68. The van der Waals surface area contributed by atoms with Crippen molar-refractivity contribution in [3.63, 3.8) is 0 Å². The maximum absolute atomic E-state index is 13.1. The third-order valence-corrected chi connectivity index (χ3v) is 5.50. The Morgan fingerprint density at radius 2 is 1.71 bits per heavy atom. The highest BCUT2D eigenvalue weighted by atomic mass is 19.1. The van der Waals surface area contributed by atoms with Gasteiger partial charge in [0.2, 0.25) is 0 Å². The van der Waals surface area contributed by atoms with E-state index >= 15 is 0 Å². The number of anilines is 1. The zero-order chi connectivity index (χ0) is 19.5. The van der Waals surface area contributed by atoms with Gasteiger partial charge in [0, 0.05) is 23.9 Å². The first kappa shape index (κ1) is 18.5. The first-order valence-electron chi connectivity index (χ1n) is 9.54. The van der Waals surface area contributed by atoms with E-state index in [9.17, 15) is 4.39 Å². The molecule has 0 bridgehead atoms. The number of methoxy groups -OCH3 is 2. The Kier molecular flexibility index (Phi) is 5.28.